The van der Waals surface area contributed by atoms with Crippen molar-refractivity contribution in [1.82, 2.24) is 0 Å². The van der Waals surface area contributed by atoms with Crippen LogP contribution in [0.4, 0.5) is 5.69 Å². The second kappa shape index (κ2) is 9.09. The molecule has 3 rings (SSSR count). The average molecular weight is 427 g/mol. The van der Waals surface area contributed by atoms with Crippen molar-refractivity contribution in [3.63, 3.8) is 0 Å². The van der Waals surface area contributed by atoms with E-state index in [1.54, 1.807) is 48.5 Å². The Morgan fingerprint density at radius 1 is 0.938 bits per heavy atom. The van der Waals surface area contributed by atoms with Gasteiger partial charge in [0.2, 0.25) is 0 Å². The number of ketones is 1. The highest BCUT2D eigenvalue weighted by Crippen LogP contribution is 2.30. The number of nitrogens with one attached hydrogen (secondary N) is 2. The number of nitrogen functional groups attached to an aromatic ring is 1. The molecule has 160 valence electrons. The minimum atomic E-state index is -1.21. The van der Waals surface area contributed by atoms with Crippen LogP contribution >= 0.6 is 0 Å². The summed E-state index contributed by atoms with van der Waals surface area (Å²) in [5.74, 6) is -2.00. The summed E-state index contributed by atoms with van der Waals surface area (Å²) in [5, 5.41) is 20.0. The van der Waals surface area contributed by atoms with Crippen LogP contribution in [0.1, 0.15) is 49.1 Å². The van der Waals surface area contributed by atoms with E-state index >= 15 is 0 Å². The van der Waals surface area contributed by atoms with Gasteiger partial charge >= 0.3 is 5.97 Å². The Balaban J connectivity index is 2.09. The Bertz CT molecular complexity index is 1260. The summed E-state index contributed by atoms with van der Waals surface area (Å²) in [4.78, 5) is 36.7. The van der Waals surface area contributed by atoms with E-state index in [9.17, 15) is 19.5 Å². The first-order valence-electron chi connectivity index (χ1n) is 9.62. The molecule has 3 aromatic rings. The number of amides is 1. The van der Waals surface area contributed by atoms with Crippen molar-refractivity contribution in [2.24, 2.45) is 5.73 Å². The number of carbonyl (C=O) groups is 3. The highest BCUT2D eigenvalue weighted by atomic mass is 16.4. The lowest BCUT2D eigenvalue weighted by atomic mass is 9.91. The van der Waals surface area contributed by atoms with Gasteiger partial charge in [-0.1, -0.05) is 36.9 Å². The highest BCUT2D eigenvalue weighted by molar-refractivity contribution is 6.11. The lowest BCUT2D eigenvalue weighted by molar-refractivity contribution is 0.0697. The van der Waals surface area contributed by atoms with Crippen LogP contribution in [0, 0.1) is 5.41 Å². The van der Waals surface area contributed by atoms with E-state index in [4.69, 9.17) is 11.1 Å². The predicted octanol–water partition coefficient (Wildman–Crippen LogP) is 4.43. The monoisotopic (exact) mass is 427 g/mol. The summed E-state index contributed by atoms with van der Waals surface area (Å²) in [6, 6.07) is 15.8. The van der Waals surface area contributed by atoms with Gasteiger partial charge in [-0.2, -0.15) is 0 Å². The smallest absolute Gasteiger partial charge is 0.336 e. The van der Waals surface area contributed by atoms with Gasteiger partial charge in [-0.05, 0) is 60.0 Å². The van der Waals surface area contributed by atoms with Crippen LogP contribution in [0.2, 0.25) is 0 Å². The zero-order chi connectivity index (χ0) is 23.4. The van der Waals surface area contributed by atoms with Gasteiger partial charge in [0.25, 0.3) is 5.91 Å². The highest BCUT2D eigenvalue weighted by Gasteiger charge is 2.20. The number of aromatic carboxylic acids is 1. The van der Waals surface area contributed by atoms with Gasteiger partial charge < -0.3 is 16.2 Å². The number of benzene rings is 3. The third-order valence-electron chi connectivity index (χ3n) is 4.92. The normalized spacial score (nSPS) is 10.3. The van der Waals surface area contributed by atoms with E-state index < -0.39 is 11.9 Å². The fraction of sp³-hybridized carbons (Fsp3) is 0.0400. The van der Waals surface area contributed by atoms with Crippen LogP contribution in [-0.2, 0) is 0 Å². The van der Waals surface area contributed by atoms with E-state index in [0.717, 1.165) is 0 Å². The first-order chi connectivity index (χ1) is 15.2. The van der Waals surface area contributed by atoms with Gasteiger partial charge in [0.15, 0.2) is 5.78 Å². The van der Waals surface area contributed by atoms with Crippen molar-refractivity contribution in [3.05, 3.63) is 95.1 Å². The second-order valence-corrected chi connectivity index (χ2v) is 7.08. The van der Waals surface area contributed by atoms with Gasteiger partial charge in [0, 0.05) is 22.4 Å². The summed E-state index contributed by atoms with van der Waals surface area (Å²) in [6.07, 6.45) is 1.58. The molecule has 1 amide bonds. The minimum Gasteiger partial charge on any atom is -0.478 e. The fourth-order valence-corrected chi connectivity index (χ4v) is 3.22. The van der Waals surface area contributed by atoms with Crippen molar-refractivity contribution in [2.45, 2.75) is 6.92 Å². The Hall–Kier alpha value is -4.52. The first kappa shape index (κ1) is 22.2. The maximum Gasteiger partial charge on any atom is 0.336 e. The number of carboxylic acid groups (broad SMARTS) is 1. The van der Waals surface area contributed by atoms with Crippen LogP contribution < -0.4 is 11.1 Å². The van der Waals surface area contributed by atoms with Crippen LogP contribution in [0.25, 0.3) is 17.2 Å². The lowest BCUT2D eigenvalue weighted by Gasteiger charge is -2.14. The summed E-state index contributed by atoms with van der Waals surface area (Å²) in [5.41, 5.74) is 8.30. The molecule has 0 aliphatic heterocycles. The third-order valence-corrected chi connectivity index (χ3v) is 4.92. The minimum absolute atomic E-state index is 0.0797. The largest absolute Gasteiger partial charge is 0.478 e. The quantitative estimate of drug-likeness (QED) is 0.251. The Morgan fingerprint density at radius 2 is 1.53 bits per heavy atom. The molecule has 0 unspecified atom stereocenters. The number of anilines is 1. The summed E-state index contributed by atoms with van der Waals surface area (Å²) in [6.45, 7) is 5.08. The SMILES string of the molecule is C=Cc1ccc(-c2ccc(C(C)=O)cc2C(=O)O)c(C(=O)Nc2ccc(C(=N)N)cc2)c1. The topological polar surface area (TPSA) is 133 Å². The zero-order valence-corrected chi connectivity index (χ0v) is 17.3. The van der Waals surface area contributed by atoms with Gasteiger partial charge in [-0.15, -0.1) is 0 Å². The lowest BCUT2D eigenvalue weighted by Crippen LogP contribution is -2.15. The number of hydrogen-bond donors (Lipinski definition) is 4. The van der Waals surface area contributed by atoms with Crippen molar-refractivity contribution in [1.29, 1.82) is 5.41 Å². The molecule has 7 nitrogen and oxygen atoms in total. The maximum atomic E-state index is 13.1. The van der Waals surface area contributed by atoms with E-state index in [1.165, 1.54) is 25.1 Å². The summed E-state index contributed by atoms with van der Waals surface area (Å²) < 4.78 is 0. The number of rotatable bonds is 7. The van der Waals surface area contributed by atoms with Crippen LogP contribution in [-0.4, -0.2) is 28.6 Å². The average Bonchev–Trinajstić information content (AvgIpc) is 2.78. The second-order valence-electron chi connectivity index (χ2n) is 7.08. The molecule has 0 spiro atoms. The number of carbonyl (C=O) groups excluding carboxylic acids is 2. The van der Waals surface area contributed by atoms with Crippen molar-refractivity contribution >= 4 is 35.3 Å². The van der Waals surface area contributed by atoms with E-state index in [1.807, 2.05) is 0 Å². The van der Waals surface area contributed by atoms with E-state index in [0.29, 0.717) is 27.9 Å². The molecule has 0 radical (unpaired) electrons. The third kappa shape index (κ3) is 4.62. The number of carboxylic acids is 1. The molecular formula is C25H21N3O4. The van der Waals surface area contributed by atoms with Crippen molar-refractivity contribution in [2.75, 3.05) is 5.32 Å². The number of amidine groups is 1. The molecule has 0 aliphatic rings. The van der Waals surface area contributed by atoms with Crippen molar-refractivity contribution < 1.29 is 19.5 Å². The van der Waals surface area contributed by atoms with Crippen LogP contribution in [0.15, 0.2) is 67.2 Å². The van der Waals surface area contributed by atoms with Crippen molar-refractivity contribution in [3.8, 4) is 11.1 Å². The molecule has 3 aromatic carbocycles. The molecular weight excluding hydrogens is 406 g/mol. The van der Waals surface area contributed by atoms with Crippen LogP contribution in [0.5, 0.6) is 0 Å². The Labute approximate surface area is 184 Å². The Kier molecular flexibility index (Phi) is 6.30. The number of nitrogens with two attached hydrogens (primary N) is 1. The number of Topliss-reactive ketones (excluding diaryl/α,β-unsaturated/α-hetero) is 1. The molecule has 7 heteroatoms. The standard InChI is InChI=1S/C25H21N3O4/c1-3-15-4-10-19(20-11-7-17(14(2)29)13-22(20)25(31)32)21(12-15)24(30)28-18-8-5-16(6-9-18)23(26)27/h3-13H,1H2,2H3,(H3,26,27)(H,28,30)(H,31,32). The molecule has 0 fully saturated rings. The van der Waals surface area contributed by atoms with E-state index in [-0.39, 0.29) is 28.3 Å². The molecule has 5 N–H and O–H groups in total. The molecule has 0 saturated carbocycles. The van der Waals surface area contributed by atoms with Crippen LogP contribution in [0.3, 0.4) is 0 Å². The van der Waals surface area contributed by atoms with E-state index in [2.05, 4.69) is 11.9 Å². The van der Waals surface area contributed by atoms with Gasteiger partial charge in [0.1, 0.15) is 5.84 Å². The molecule has 32 heavy (non-hydrogen) atoms. The predicted molar refractivity (Wildman–Crippen MR) is 124 cm³/mol. The molecule has 0 aromatic heterocycles. The van der Waals surface area contributed by atoms with Gasteiger partial charge in [-0.3, -0.25) is 15.0 Å². The zero-order valence-electron chi connectivity index (χ0n) is 17.3. The first-order valence-corrected chi connectivity index (χ1v) is 9.62. The fourth-order valence-electron chi connectivity index (χ4n) is 3.22. The molecule has 0 heterocycles. The number of hydrogen-bond acceptors (Lipinski definition) is 4. The summed E-state index contributed by atoms with van der Waals surface area (Å²) in [7, 11) is 0. The molecule has 0 atom stereocenters. The summed E-state index contributed by atoms with van der Waals surface area (Å²) >= 11 is 0. The Morgan fingerprint density at radius 3 is 2.09 bits per heavy atom. The van der Waals surface area contributed by atoms with Gasteiger partial charge in [0.05, 0.1) is 5.56 Å². The molecule has 0 bridgehead atoms. The molecule has 0 saturated heterocycles. The molecule has 0 aliphatic carbocycles. The van der Waals surface area contributed by atoms with Gasteiger partial charge in [-0.25, -0.2) is 4.79 Å². The maximum absolute atomic E-state index is 13.1.